The van der Waals surface area contributed by atoms with Gasteiger partial charge in [0.05, 0.1) is 11.4 Å². The minimum atomic E-state index is -3.70. The van der Waals surface area contributed by atoms with E-state index >= 15 is 0 Å². The molecule has 0 radical (unpaired) electrons. The van der Waals surface area contributed by atoms with Gasteiger partial charge in [-0.25, -0.2) is 8.42 Å². The summed E-state index contributed by atoms with van der Waals surface area (Å²) in [6.07, 6.45) is 0. The molecule has 1 aromatic heterocycles. The summed E-state index contributed by atoms with van der Waals surface area (Å²) in [4.78, 5) is 0.163. The van der Waals surface area contributed by atoms with Gasteiger partial charge in [0.15, 0.2) is 0 Å². The monoisotopic (exact) mass is 308 g/mol. The molecule has 20 heavy (non-hydrogen) atoms. The molecule has 0 saturated carbocycles. The number of anilines is 1. The maximum Gasteiger partial charge on any atom is 0.264 e. The summed E-state index contributed by atoms with van der Waals surface area (Å²) in [5.74, 6) is 5.50. The van der Waals surface area contributed by atoms with Crippen LogP contribution in [0, 0.1) is 18.8 Å². The zero-order valence-electron chi connectivity index (χ0n) is 10.6. The average molecular weight is 308 g/mol. The Morgan fingerprint density at radius 2 is 2.25 bits per heavy atom. The molecule has 0 aliphatic rings. The van der Waals surface area contributed by atoms with E-state index in [4.69, 9.17) is 5.73 Å². The normalized spacial score (nSPS) is 10.7. The molecule has 0 spiro atoms. The van der Waals surface area contributed by atoms with E-state index in [9.17, 15) is 8.42 Å². The lowest BCUT2D eigenvalue weighted by Gasteiger charge is -2.08. The highest BCUT2D eigenvalue weighted by molar-refractivity contribution is 7.93. The number of rotatable bonds is 3. The maximum atomic E-state index is 12.3. The van der Waals surface area contributed by atoms with Crippen molar-refractivity contribution in [2.24, 2.45) is 5.73 Å². The molecule has 1 heterocycles. The second-order valence-electron chi connectivity index (χ2n) is 3.84. The van der Waals surface area contributed by atoms with Crippen molar-refractivity contribution in [2.75, 3.05) is 11.3 Å². The van der Waals surface area contributed by atoms with Crippen LogP contribution in [0.5, 0.6) is 0 Å². The third-order valence-electron chi connectivity index (χ3n) is 2.39. The van der Waals surface area contributed by atoms with Crippen LogP contribution in [0.15, 0.2) is 28.6 Å². The third-order valence-corrected chi connectivity index (χ3v) is 4.61. The zero-order valence-corrected chi connectivity index (χ0v) is 12.3. The van der Waals surface area contributed by atoms with E-state index in [-0.39, 0.29) is 16.6 Å². The summed E-state index contributed by atoms with van der Waals surface area (Å²) in [5, 5.41) is 7.47. The first-order valence-electron chi connectivity index (χ1n) is 5.61. The van der Waals surface area contributed by atoms with Crippen molar-refractivity contribution < 1.29 is 8.42 Å². The van der Waals surface area contributed by atoms with E-state index in [1.165, 1.54) is 11.6 Å². The fourth-order valence-corrected chi connectivity index (χ4v) is 3.47. The molecule has 2 aromatic rings. The summed E-state index contributed by atoms with van der Waals surface area (Å²) in [6.45, 7) is 1.94. The van der Waals surface area contributed by atoms with Crippen molar-refractivity contribution in [1.82, 2.24) is 10.2 Å². The van der Waals surface area contributed by atoms with E-state index in [2.05, 4.69) is 26.8 Å². The Morgan fingerprint density at radius 1 is 1.45 bits per heavy atom. The van der Waals surface area contributed by atoms with Gasteiger partial charge in [-0.1, -0.05) is 29.2 Å². The van der Waals surface area contributed by atoms with Gasteiger partial charge in [-0.15, -0.1) is 10.2 Å². The van der Waals surface area contributed by atoms with E-state index in [1.807, 2.05) is 0 Å². The number of nitrogens with two attached hydrogens (primary N) is 1. The first-order valence-corrected chi connectivity index (χ1v) is 7.98. The van der Waals surface area contributed by atoms with Crippen LogP contribution < -0.4 is 10.5 Å². The molecule has 0 saturated heterocycles. The highest BCUT2D eigenvalue weighted by Gasteiger charge is 2.18. The molecular formula is C12H12N4O2S2. The fourth-order valence-electron chi connectivity index (χ4n) is 1.51. The zero-order chi connectivity index (χ0) is 14.6. The molecule has 0 atom stereocenters. The minimum Gasteiger partial charge on any atom is -0.320 e. The number of hydrogen-bond donors (Lipinski definition) is 2. The third kappa shape index (κ3) is 3.33. The molecule has 2 rings (SSSR count). The predicted molar refractivity (Wildman–Crippen MR) is 77.8 cm³/mol. The van der Waals surface area contributed by atoms with Crippen molar-refractivity contribution in [3.8, 4) is 11.8 Å². The van der Waals surface area contributed by atoms with E-state index in [0.717, 1.165) is 11.3 Å². The minimum absolute atomic E-state index is 0.163. The molecule has 104 valence electrons. The highest BCUT2D eigenvalue weighted by atomic mass is 32.2. The van der Waals surface area contributed by atoms with Crippen LogP contribution >= 0.6 is 11.3 Å². The standard InChI is InChI=1S/C12H12N4O2S2/c1-9-4-5-10(3-2-6-13)7-11(9)20(17,18)16-12-15-14-8-19-12/h4-5,7-8H,6,13H2,1H3,(H,15,16). The number of benzene rings is 1. The van der Waals surface area contributed by atoms with Gasteiger partial charge in [-0.3, -0.25) is 4.72 Å². The maximum absolute atomic E-state index is 12.3. The van der Waals surface area contributed by atoms with Crippen LogP contribution in [0.3, 0.4) is 0 Å². The second-order valence-corrected chi connectivity index (χ2v) is 6.32. The number of sulfonamides is 1. The van der Waals surface area contributed by atoms with Crippen molar-refractivity contribution in [3.05, 3.63) is 34.8 Å². The lowest BCUT2D eigenvalue weighted by Crippen LogP contribution is -2.14. The quantitative estimate of drug-likeness (QED) is 0.823. The van der Waals surface area contributed by atoms with Gasteiger partial charge in [-0.05, 0) is 24.6 Å². The second kappa shape index (κ2) is 6.00. The van der Waals surface area contributed by atoms with Crippen LogP contribution in [0.2, 0.25) is 0 Å². The fraction of sp³-hybridized carbons (Fsp3) is 0.167. The Balaban J connectivity index is 2.40. The van der Waals surface area contributed by atoms with Crippen LogP contribution in [-0.4, -0.2) is 25.2 Å². The first kappa shape index (κ1) is 14.5. The Labute approximate surface area is 121 Å². The summed E-state index contributed by atoms with van der Waals surface area (Å²) < 4.78 is 27.0. The Morgan fingerprint density at radius 3 is 2.90 bits per heavy atom. The van der Waals surface area contributed by atoms with Crippen molar-refractivity contribution >= 4 is 26.5 Å². The molecule has 0 amide bonds. The molecule has 0 aliphatic carbocycles. The van der Waals surface area contributed by atoms with Crippen LogP contribution in [-0.2, 0) is 10.0 Å². The van der Waals surface area contributed by atoms with Crippen LogP contribution in [0.1, 0.15) is 11.1 Å². The van der Waals surface area contributed by atoms with Crippen molar-refractivity contribution in [3.63, 3.8) is 0 Å². The van der Waals surface area contributed by atoms with Gasteiger partial charge >= 0.3 is 0 Å². The lowest BCUT2D eigenvalue weighted by molar-refractivity contribution is 0.600. The Bertz CT molecular complexity index is 758. The SMILES string of the molecule is Cc1ccc(C#CCN)cc1S(=O)(=O)Nc1nncs1. The summed E-state index contributed by atoms with van der Waals surface area (Å²) in [7, 11) is -3.70. The lowest BCUT2D eigenvalue weighted by atomic mass is 10.1. The van der Waals surface area contributed by atoms with Gasteiger partial charge in [0, 0.05) is 5.56 Å². The predicted octanol–water partition coefficient (Wildman–Crippen LogP) is 0.958. The van der Waals surface area contributed by atoms with E-state index in [0.29, 0.717) is 11.1 Å². The average Bonchev–Trinajstić information content (AvgIpc) is 2.89. The number of hydrogen-bond acceptors (Lipinski definition) is 6. The van der Waals surface area contributed by atoms with E-state index in [1.54, 1.807) is 19.1 Å². The van der Waals surface area contributed by atoms with Gasteiger partial charge in [0.2, 0.25) is 5.13 Å². The summed E-state index contributed by atoms with van der Waals surface area (Å²) >= 11 is 1.11. The number of aromatic nitrogens is 2. The van der Waals surface area contributed by atoms with Gasteiger partial charge in [-0.2, -0.15) is 0 Å². The van der Waals surface area contributed by atoms with Gasteiger partial charge in [0.1, 0.15) is 5.51 Å². The first-order chi connectivity index (χ1) is 9.53. The van der Waals surface area contributed by atoms with Crippen molar-refractivity contribution in [1.29, 1.82) is 0 Å². The van der Waals surface area contributed by atoms with Gasteiger partial charge < -0.3 is 5.73 Å². The number of nitrogens with one attached hydrogen (secondary N) is 1. The number of nitrogens with zero attached hydrogens (tertiary/aromatic N) is 2. The van der Waals surface area contributed by atoms with E-state index < -0.39 is 10.0 Å². The summed E-state index contributed by atoms with van der Waals surface area (Å²) in [6, 6.07) is 4.97. The molecule has 6 nitrogen and oxygen atoms in total. The van der Waals surface area contributed by atoms with Crippen LogP contribution in [0.4, 0.5) is 5.13 Å². The summed E-state index contributed by atoms with van der Waals surface area (Å²) in [5.41, 5.74) is 7.98. The topological polar surface area (TPSA) is 98.0 Å². The Hall–Kier alpha value is -1.95. The molecule has 8 heteroatoms. The largest absolute Gasteiger partial charge is 0.320 e. The van der Waals surface area contributed by atoms with Crippen molar-refractivity contribution in [2.45, 2.75) is 11.8 Å². The van der Waals surface area contributed by atoms with Gasteiger partial charge in [0.25, 0.3) is 10.0 Å². The molecule has 3 N–H and O–H groups in total. The molecule has 0 fully saturated rings. The molecule has 0 bridgehead atoms. The Kier molecular flexibility index (Phi) is 4.34. The molecule has 0 unspecified atom stereocenters. The smallest absolute Gasteiger partial charge is 0.264 e. The number of aryl methyl sites for hydroxylation is 1. The molecule has 1 aromatic carbocycles. The molecular weight excluding hydrogens is 296 g/mol. The molecule has 0 aliphatic heterocycles. The highest BCUT2D eigenvalue weighted by Crippen LogP contribution is 2.21. The van der Waals surface area contributed by atoms with Crippen LogP contribution in [0.25, 0.3) is 0 Å².